The van der Waals surface area contributed by atoms with Gasteiger partial charge in [0.1, 0.15) is 0 Å². The number of nitrogens with one attached hydrogen (secondary N) is 1. The first-order chi connectivity index (χ1) is 12.8. The molecule has 0 aliphatic carbocycles. The average Bonchev–Trinajstić information content (AvgIpc) is 2.65. The van der Waals surface area contributed by atoms with E-state index >= 15 is 0 Å². The number of anilines is 1. The SMILES string of the molecule is Cc1ccc(Cl)cc1NC(=O)c1cccc(S(=O)(=O)N2CCCC[C@H]2C)c1. The van der Waals surface area contributed by atoms with Crippen LogP contribution in [-0.2, 0) is 10.0 Å². The molecule has 1 N–H and O–H groups in total. The van der Waals surface area contributed by atoms with E-state index < -0.39 is 10.0 Å². The highest BCUT2D eigenvalue weighted by Crippen LogP contribution is 2.26. The van der Waals surface area contributed by atoms with Crippen molar-refractivity contribution < 1.29 is 13.2 Å². The Balaban J connectivity index is 1.86. The van der Waals surface area contributed by atoms with E-state index in [0.717, 1.165) is 24.8 Å². The summed E-state index contributed by atoms with van der Waals surface area (Å²) in [6.45, 7) is 4.31. The fourth-order valence-corrected chi connectivity index (χ4v) is 5.20. The largest absolute Gasteiger partial charge is 0.322 e. The van der Waals surface area contributed by atoms with Crippen LogP contribution in [-0.4, -0.2) is 31.2 Å². The summed E-state index contributed by atoms with van der Waals surface area (Å²) in [6.07, 6.45) is 2.75. The molecule has 1 aliphatic rings. The Morgan fingerprint density at radius 1 is 1.19 bits per heavy atom. The second-order valence-corrected chi connectivity index (χ2v) is 9.23. The third-order valence-electron chi connectivity index (χ3n) is 4.89. The molecule has 2 aromatic carbocycles. The van der Waals surface area contributed by atoms with Crippen LogP contribution in [0.4, 0.5) is 5.69 Å². The molecular formula is C20H23ClN2O3S. The van der Waals surface area contributed by atoms with Gasteiger partial charge in [0.05, 0.1) is 4.90 Å². The van der Waals surface area contributed by atoms with E-state index in [4.69, 9.17) is 11.6 Å². The normalized spacial score (nSPS) is 18.3. The topological polar surface area (TPSA) is 66.5 Å². The lowest BCUT2D eigenvalue weighted by Crippen LogP contribution is -2.41. The molecule has 1 aliphatic heterocycles. The van der Waals surface area contributed by atoms with Crippen LogP contribution in [0, 0.1) is 6.92 Å². The smallest absolute Gasteiger partial charge is 0.255 e. The van der Waals surface area contributed by atoms with Gasteiger partial charge in [-0.3, -0.25) is 4.79 Å². The molecule has 2 aromatic rings. The highest BCUT2D eigenvalue weighted by molar-refractivity contribution is 7.89. The van der Waals surface area contributed by atoms with Gasteiger partial charge in [0.25, 0.3) is 5.91 Å². The van der Waals surface area contributed by atoms with Crippen molar-refractivity contribution in [1.29, 1.82) is 0 Å². The minimum atomic E-state index is -3.62. The summed E-state index contributed by atoms with van der Waals surface area (Å²) in [4.78, 5) is 12.8. The van der Waals surface area contributed by atoms with Crippen molar-refractivity contribution >= 4 is 33.2 Å². The Morgan fingerprint density at radius 3 is 2.70 bits per heavy atom. The highest BCUT2D eigenvalue weighted by Gasteiger charge is 2.31. The summed E-state index contributed by atoms with van der Waals surface area (Å²) in [5, 5.41) is 3.32. The lowest BCUT2D eigenvalue weighted by molar-refractivity contribution is 0.102. The van der Waals surface area contributed by atoms with Gasteiger partial charge in [0.15, 0.2) is 0 Å². The summed E-state index contributed by atoms with van der Waals surface area (Å²) in [5.41, 5.74) is 1.77. The molecule has 0 bridgehead atoms. The van der Waals surface area contributed by atoms with Gasteiger partial charge in [-0.2, -0.15) is 4.31 Å². The van der Waals surface area contributed by atoms with E-state index in [1.807, 2.05) is 19.9 Å². The Bertz CT molecular complexity index is 959. The Labute approximate surface area is 165 Å². The Morgan fingerprint density at radius 2 is 1.96 bits per heavy atom. The minimum absolute atomic E-state index is 0.0321. The molecule has 0 spiro atoms. The van der Waals surface area contributed by atoms with E-state index in [1.165, 1.54) is 16.4 Å². The van der Waals surface area contributed by atoms with Crippen LogP contribution in [0.3, 0.4) is 0 Å². The summed E-state index contributed by atoms with van der Waals surface area (Å²) < 4.78 is 27.5. The van der Waals surface area contributed by atoms with Crippen molar-refractivity contribution in [3.8, 4) is 0 Å². The molecular weight excluding hydrogens is 384 g/mol. The molecule has 0 unspecified atom stereocenters. The number of amides is 1. The number of rotatable bonds is 4. The Hall–Kier alpha value is -1.89. The molecule has 0 radical (unpaired) electrons. The van der Waals surface area contributed by atoms with E-state index in [9.17, 15) is 13.2 Å². The first-order valence-corrected chi connectivity index (χ1v) is 10.8. The van der Waals surface area contributed by atoms with E-state index in [1.54, 1.807) is 24.3 Å². The van der Waals surface area contributed by atoms with Crippen LogP contribution in [0.5, 0.6) is 0 Å². The van der Waals surface area contributed by atoms with Gasteiger partial charge in [0, 0.05) is 28.9 Å². The fourth-order valence-electron chi connectivity index (χ4n) is 3.29. The van der Waals surface area contributed by atoms with Crippen molar-refractivity contribution in [3.63, 3.8) is 0 Å². The minimum Gasteiger partial charge on any atom is -0.322 e. The molecule has 1 amide bonds. The first kappa shape index (κ1) is 19.9. The average molecular weight is 407 g/mol. The van der Waals surface area contributed by atoms with Gasteiger partial charge in [-0.1, -0.05) is 30.2 Å². The summed E-state index contributed by atoms with van der Waals surface area (Å²) in [5.74, 6) is -0.371. The predicted octanol–water partition coefficient (Wildman–Crippen LogP) is 4.46. The second-order valence-electron chi connectivity index (χ2n) is 6.90. The number of piperidine rings is 1. The van der Waals surface area contributed by atoms with Crippen LogP contribution in [0.15, 0.2) is 47.4 Å². The molecule has 1 fully saturated rings. The van der Waals surface area contributed by atoms with Crippen LogP contribution in [0.1, 0.15) is 42.1 Å². The number of nitrogens with zero attached hydrogens (tertiary/aromatic N) is 1. The molecule has 7 heteroatoms. The van der Waals surface area contributed by atoms with Crippen LogP contribution in [0.2, 0.25) is 5.02 Å². The number of halogens is 1. The zero-order chi connectivity index (χ0) is 19.6. The lowest BCUT2D eigenvalue weighted by Gasteiger charge is -2.32. The molecule has 1 saturated heterocycles. The number of sulfonamides is 1. The molecule has 3 rings (SSSR count). The number of benzene rings is 2. The second kappa shape index (κ2) is 8.00. The first-order valence-electron chi connectivity index (χ1n) is 8.98. The van der Waals surface area contributed by atoms with Crippen molar-refractivity contribution in [1.82, 2.24) is 4.31 Å². The van der Waals surface area contributed by atoms with Gasteiger partial charge < -0.3 is 5.32 Å². The number of aryl methyl sites for hydroxylation is 1. The number of carbonyl (C=O) groups excluding carboxylic acids is 1. The number of hydrogen-bond donors (Lipinski definition) is 1. The van der Waals surface area contributed by atoms with E-state index in [-0.39, 0.29) is 16.8 Å². The van der Waals surface area contributed by atoms with Crippen molar-refractivity contribution in [3.05, 3.63) is 58.6 Å². The van der Waals surface area contributed by atoms with E-state index in [0.29, 0.717) is 22.8 Å². The summed E-state index contributed by atoms with van der Waals surface area (Å²) in [7, 11) is -3.62. The molecule has 0 aromatic heterocycles. The maximum atomic E-state index is 13.0. The quantitative estimate of drug-likeness (QED) is 0.814. The predicted molar refractivity (Wildman–Crippen MR) is 108 cm³/mol. The number of hydrogen-bond acceptors (Lipinski definition) is 3. The zero-order valence-corrected chi connectivity index (χ0v) is 17.0. The summed E-state index contributed by atoms with van der Waals surface area (Å²) in [6, 6.07) is 11.4. The van der Waals surface area contributed by atoms with Crippen LogP contribution < -0.4 is 5.32 Å². The molecule has 5 nitrogen and oxygen atoms in total. The molecule has 1 heterocycles. The van der Waals surface area contributed by atoms with Crippen molar-refractivity contribution in [2.45, 2.75) is 44.0 Å². The van der Waals surface area contributed by atoms with Gasteiger partial charge in [-0.15, -0.1) is 0 Å². The van der Waals surface area contributed by atoms with Gasteiger partial charge in [0.2, 0.25) is 10.0 Å². The summed E-state index contributed by atoms with van der Waals surface area (Å²) >= 11 is 5.99. The maximum absolute atomic E-state index is 13.0. The lowest BCUT2D eigenvalue weighted by atomic mass is 10.1. The fraction of sp³-hybridized carbons (Fsp3) is 0.350. The highest BCUT2D eigenvalue weighted by atomic mass is 35.5. The Kier molecular flexibility index (Phi) is 5.89. The third kappa shape index (κ3) is 4.34. The molecule has 27 heavy (non-hydrogen) atoms. The zero-order valence-electron chi connectivity index (χ0n) is 15.4. The standard InChI is InChI=1S/C20H23ClN2O3S/c1-14-9-10-17(21)13-19(14)22-20(24)16-7-5-8-18(12-16)27(25,26)23-11-4-3-6-15(23)2/h5,7-10,12-13,15H,3-4,6,11H2,1-2H3,(H,22,24)/t15-/m1/s1. The van der Waals surface area contributed by atoms with Crippen LogP contribution >= 0.6 is 11.6 Å². The van der Waals surface area contributed by atoms with Gasteiger partial charge >= 0.3 is 0 Å². The van der Waals surface area contributed by atoms with Crippen LogP contribution in [0.25, 0.3) is 0 Å². The van der Waals surface area contributed by atoms with E-state index in [2.05, 4.69) is 5.32 Å². The van der Waals surface area contributed by atoms with Crippen molar-refractivity contribution in [2.75, 3.05) is 11.9 Å². The number of carbonyl (C=O) groups is 1. The van der Waals surface area contributed by atoms with Crippen molar-refractivity contribution in [2.24, 2.45) is 0 Å². The maximum Gasteiger partial charge on any atom is 0.255 e. The monoisotopic (exact) mass is 406 g/mol. The van der Waals surface area contributed by atoms with Gasteiger partial charge in [-0.25, -0.2) is 8.42 Å². The van der Waals surface area contributed by atoms with Gasteiger partial charge in [-0.05, 0) is 62.6 Å². The third-order valence-corrected chi connectivity index (χ3v) is 7.14. The molecule has 1 atom stereocenters. The molecule has 0 saturated carbocycles. The molecule has 144 valence electrons.